The second-order valence-corrected chi connectivity index (χ2v) is 0.567. The molecule has 31 valence electrons. The Hall–Kier alpha value is 2.92. The Bertz CT molecular complexity index is 17.7. The monoisotopic (exact) mass is 132 g/mol. The summed E-state index contributed by atoms with van der Waals surface area (Å²) in [6.45, 7) is 2.97. The fourth-order valence-electron chi connectivity index (χ4n) is 0. The summed E-state index contributed by atoms with van der Waals surface area (Å²) in [7, 11) is 0. The zero-order valence-electron chi connectivity index (χ0n) is 2.31. The summed E-state index contributed by atoms with van der Waals surface area (Å²) in [4.78, 5) is 0. The van der Waals surface area contributed by atoms with E-state index in [2.05, 4.69) is 12.7 Å². The molecule has 1 radical (unpaired) electrons. The fourth-order valence-corrected chi connectivity index (χ4v) is 0. The van der Waals surface area contributed by atoms with Crippen LogP contribution in [0.1, 0.15) is 0 Å². The van der Waals surface area contributed by atoms with Gasteiger partial charge in [0.1, 0.15) is 6.23 Å². The third-order valence-electron chi connectivity index (χ3n) is 0. The molecule has 0 heterocycles. The molecule has 0 spiro atoms. The van der Waals surface area contributed by atoms with Gasteiger partial charge >= 0.3 is 88.7 Å². The predicted molar refractivity (Wildman–Crippen MR) is 37.0 cm³/mol. The summed E-state index contributed by atoms with van der Waals surface area (Å²) in [5.74, 6) is 0. The van der Waals surface area contributed by atoms with Crippen molar-refractivity contribution in [1.82, 2.24) is 0 Å². The third kappa shape index (κ3) is 50.1. The van der Waals surface area contributed by atoms with E-state index in [0.717, 1.165) is 0 Å². The molecule has 0 aromatic rings. The van der Waals surface area contributed by atoms with E-state index in [0.29, 0.717) is 0 Å². The van der Waals surface area contributed by atoms with Crippen molar-refractivity contribution in [2.24, 2.45) is 5.73 Å². The van der Waals surface area contributed by atoms with E-state index in [1.807, 2.05) is 0 Å². The van der Waals surface area contributed by atoms with Crippen LogP contribution < -0.4 is 5.73 Å². The van der Waals surface area contributed by atoms with Crippen LogP contribution in [0, 0.1) is 6.92 Å². The molecule has 0 aliphatic rings. The first-order chi connectivity index (χ1) is 1.73. The zero-order chi connectivity index (χ0) is 3.58. The van der Waals surface area contributed by atoms with Gasteiger partial charge in [0.05, 0.1) is 0 Å². The van der Waals surface area contributed by atoms with Crippen LogP contribution in [0.2, 0.25) is 0 Å². The van der Waals surface area contributed by atoms with Crippen LogP contribution in [-0.4, -0.2) is 100 Å². The van der Waals surface area contributed by atoms with Crippen LogP contribution in [0.15, 0.2) is 0 Å². The van der Waals surface area contributed by atoms with E-state index in [4.69, 9.17) is 5.11 Å². The van der Waals surface area contributed by atoms with Gasteiger partial charge in [-0.05, 0) is 6.92 Å². The van der Waals surface area contributed by atoms with Crippen LogP contribution in [0.25, 0.3) is 0 Å². The van der Waals surface area contributed by atoms with Crippen molar-refractivity contribution in [1.29, 1.82) is 0 Å². The van der Waals surface area contributed by atoms with Crippen molar-refractivity contribution in [3.63, 3.8) is 0 Å². The molecule has 2 nitrogen and oxygen atoms in total. The van der Waals surface area contributed by atoms with Gasteiger partial charge in [-0.1, -0.05) is 0 Å². The maximum absolute atomic E-state index is 7.72. The molecule has 0 aliphatic carbocycles. The van der Waals surface area contributed by atoms with Crippen LogP contribution >= 0.6 is 0 Å². The van der Waals surface area contributed by atoms with Gasteiger partial charge in [-0.15, -0.1) is 0 Å². The number of hydrogen-bond acceptors (Lipinski definition) is 2. The number of aliphatic hydroxyl groups is 1. The van der Waals surface area contributed by atoms with E-state index >= 15 is 0 Å². The van der Waals surface area contributed by atoms with Crippen molar-refractivity contribution in [2.75, 3.05) is 0 Å². The van der Waals surface area contributed by atoms with Gasteiger partial charge in [0.2, 0.25) is 0 Å². The third-order valence-corrected chi connectivity index (χ3v) is 0. The predicted octanol–water partition coefficient (Wildman–Crippen LogP) is -2.85. The Kier molecular flexibility index (Phi) is 51.4. The molecule has 0 fully saturated rings. The van der Waals surface area contributed by atoms with E-state index in [1.165, 1.54) is 0 Å². The molecule has 3 N–H and O–H groups in total. The standard InChI is InChI=1S/C2H6NO.3Na.3H/c1-2(3)4;;;;;;/h2,4H,1,3H2;;;;;;. The summed E-state index contributed by atoms with van der Waals surface area (Å²) >= 11 is 0. The molecule has 0 aliphatic heterocycles. The first-order valence-corrected chi connectivity index (χ1v) is 1.000. The number of rotatable bonds is 0. The van der Waals surface area contributed by atoms with Crippen LogP contribution in [0.4, 0.5) is 0 Å². The Labute approximate surface area is 110 Å². The number of nitrogens with two attached hydrogens (primary N) is 1. The fraction of sp³-hybridized carbons (Fsp3) is 0.500. The minimum absolute atomic E-state index is 0. The molecule has 1 unspecified atom stereocenters. The quantitative estimate of drug-likeness (QED) is 0.275. The van der Waals surface area contributed by atoms with Crippen molar-refractivity contribution in [3.05, 3.63) is 6.92 Å². The van der Waals surface area contributed by atoms with Crippen LogP contribution in [0.3, 0.4) is 0 Å². The van der Waals surface area contributed by atoms with E-state index in [9.17, 15) is 0 Å². The van der Waals surface area contributed by atoms with Gasteiger partial charge in [-0.2, -0.15) is 0 Å². The molecule has 1 atom stereocenters. The van der Waals surface area contributed by atoms with Gasteiger partial charge < -0.3 is 10.8 Å². The van der Waals surface area contributed by atoms with Crippen LogP contribution in [-0.2, 0) is 0 Å². The van der Waals surface area contributed by atoms with E-state index in [-0.39, 0.29) is 88.7 Å². The maximum atomic E-state index is 7.72. The zero-order valence-corrected chi connectivity index (χ0v) is 2.31. The second-order valence-electron chi connectivity index (χ2n) is 0.567. The molecule has 0 rings (SSSR count). The summed E-state index contributed by atoms with van der Waals surface area (Å²) in [6, 6.07) is 0. The average Bonchev–Trinajstić information content (AvgIpc) is 0.811. The SMILES string of the molecule is [CH2]C(N)O.[NaH].[NaH].[NaH]. The molecular weight excluding hydrogens is 123 g/mol. The second kappa shape index (κ2) is 16.0. The molecule has 0 amide bonds. The molecule has 0 saturated carbocycles. The Morgan fingerprint density at radius 1 is 1.29 bits per heavy atom. The average molecular weight is 132 g/mol. The normalized spacial score (nSPS) is 9.00. The van der Waals surface area contributed by atoms with Crippen LogP contribution in [0.5, 0.6) is 0 Å². The molecule has 7 heavy (non-hydrogen) atoms. The first kappa shape index (κ1) is 22.5. The molecule has 0 bridgehead atoms. The van der Waals surface area contributed by atoms with Crippen molar-refractivity contribution in [2.45, 2.75) is 6.23 Å². The topological polar surface area (TPSA) is 46.2 Å². The van der Waals surface area contributed by atoms with Crippen molar-refractivity contribution >= 4 is 88.7 Å². The first-order valence-electron chi connectivity index (χ1n) is 1.000. The number of aliphatic hydroxyl groups excluding tert-OH is 1. The van der Waals surface area contributed by atoms with Gasteiger partial charge in [0.15, 0.2) is 0 Å². The van der Waals surface area contributed by atoms with E-state index < -0.39 is 6.23 Å². The Morgan fingerprint density at radius 3 is 1.29 bits per heavy atom. The Morgan fingerprint density at radius 2 is 1.29 bits per heavy atom. The van der Waals surface area contributed by atoms with Crippen molar-refractivity contribution < 1.29 is 5.11 Å². The molecular formula is C2H9NNa3O. The Balaban J connectivity index is -0.0000000150. The number of hydrogen-bond donors (Lipinski definition) is 2. The van der Waals surface area contributed by atoms with Gasteiger partial charge in [-0.25, -0.2) is 0 Å². The summed E-state index contributed by atoms with van der Waals surface area (Å²) in [5.41, 5.74) is 4.56. The summed E-state index contributed by atoms with van der Waals surface area (Å²) in [6.07, 6.45) is -0.917. The summed E-state index contributed by atoms with van der Waals surface area (Å²) < 4.78 is 0. The molecule has 0 saturated heterocycles. The minimum atomic E-state index is -0.917. The van der Waals surface area contributed by atoms with Crippen molar-refractivity contribution in [3.8, 4) is 0 Å². The molecule has 0 aromatic carbocycles. The van der Waals surface area contributed by atoms with Gasteiger partial charge in [0, 0.05) is 0 Å². The molecule has 5 heteroatoms. The van der Waals surface area contributed by atoms with Gasteiger partial charge in [0.25, 0.3) is 0 Å². The van der Waals surface area contributed by atoms with E-state index in [1.54, 1.807) is 0 Å². The molecule has 0 aromatic heterocycles. The summed E-state index contributed by atoms with van der Waals surface area (Å²) in [5, 5.41) is 7.72. The van der Waals surface area contributed by atoms with Gasteiger partial charge in [-0.3, -0.25) is 0 Å².